The third-order valence-electron chi connectivity index (χ3n) is 4.25. The van der Waals surface area contributed by atoms with Crippen molar-refractivity contribution in [2.75, 3.05) is 19.0 Å². The lowest BCUT2D eigenvalue weighted by Gasteiger charge is -2.14. The first kappa shape index (κ1) is 17.0. The Bertz CT molecular complexity index is 750. The van der Waals surface area contributed by atoms with E-state index in [0.29, 0.717) is 23.2 Å². The van der Waals surface area contributed by atoms with Crippen molar-refractivity contribution in [3.8, 4) is 5.75 Å². The first-order valence-electron chi connectivity index (χ1n) is 8.32. The van der Waals surface area contributed by atoms with Gasteiger partial charge in [0.25, 0.3) is 5.91 Å². The van der Waals surface area contributed by atoms with Gasteiger partial charge in [-0.2, -0.15) is 5.10 Å². The molecule has 1 saturated carbocycles. The molecule has 0 aliphatic heterocycles. The van der Waals surface area contributed by atoms with Crippen LogP contribution in [0.3, 0.4) is 0 Å². The van der Waals surface area contributed by atoms with Crippen molar-refractivity contribution >= 4 is 17.7 Å². The van der Waals surface area contributed by atoms with Crippen molar-refractivity contribution in [2.45, 2.75) is 31.7 Å². The Labute approximate surface area is 145 Å². The Morgan fingerprint density at radius 2 is 2.08 bits per heavy atom. The predicted octanol–water partition coefficient (Wildman–Crippen LogP) is 2.80. The fourth-order valence-corrected chi connectivity index (χ4v) is 3.00. The van der Waals surface area contributed by atoms with Gasteiger partial charge in [0, 0.05) is 6.07 Å². The number of amides is 1. The number of carbonyl (C=O) groups is 2. The topological polar surface area (TPSA) is 82.4 Å². The number of methoxy groups -OCH3 is 1. The monoisotopic (exact) mass is 343 g/mol. The number of aromatic nitrogens is 2. The zero-order valence-corrected chi connectivity index (χ0v) is 14.1. The summed E-state index contributed by atoms with van der Waals surface area (Å²) in [7, 11) is 1.52. The van der Waals surface area contributed by atoms with Crippen LogP contribution >= 0.6 is 0 Å². The van der Waals surface area contributed by atoms with Gasteiger partial charge < -0.3 is 14.8 Å². The lowest BCUT2D eigenvalue weighted by Crippen LogP contribution is -2.23. The molecule has 1 N–H and O–H groups in total. The third-order valence-corrected chi connectivity index (χ3v) is 4.25. The highest BCUT2D eigenvalue weighted by atomic mass is 16.5. The van der Waals surface area contributed by atoms with Crippen LogP contribution in [0.4, 0.5) is 5.82 Å². The highest BCUT2D eigenvalue weighted by Gasteiger charge is 2.20. The molecule has 1 heterocycles. The molecule has 0 unspecified atom stereocenters. The number of nitrogens with one attached hydrogen (secondary N) is 1. The number of benzene rings is 1. The molecule has 0 spiro atoms. The summed E-state index contributed by atoms with van der Waals surface area (Å²) in [6.45, 7) is -0.355. The average molecular weight is 343 g/mol. The molecule has 0 saturated heterocycles. The second-order valence-corrected chi connectivity index (χ2v) is 5.96. The smallest absolute Gasteiger partial charge is 0.338 e. The molecule has 2 aromatic rings. The van der Waals surface area contributed by atoms with Crippen molar-refractivity contribution < 1.29 is 19.1 Å². The average Bonchev–Trinajstić information content (AvgIpc) is 3.31. The zero-order valence-electron chi connectivity index (χ0n) is 14.1. The third kappa shape index (κ3) is 4.17. The molecule has 0 radical (unpaired) electrons. The molecular weight excluding hydrogens is 322 g/mol. The van der Waals surface area contributed by atoms with Gasteiger partial charge in [-0.3, -0.25) is 4.79 Å². The Morgan fingerprint density at radius 3 is 2.84 bits per heavy atom. The van der Waals surface area contributed by atoms with Crippen LogP contribution in [0.25, 0.3) is 0 Å². The van der Waals surface area contributed by atoms with Crippen LogP contribution in [-0.2, 0) is 9.53 Å². The maximum absolute atomic E-state index is 12.1. The Balaban J connectivity index is 1.54. The minimum atomic E-state index is -0.571. The van der Waals surface area contributed by atoms with E-state index in [1.54, 1.807) is 36.5 Å². The van der Waals surface area contributed by atoms with Crippen molar-refractivity contribution in [2.24, 2.45) is 0 Å². The SMILES string of the molecule is COc1cccc(C(=O)OCC(=O)Nc2ccnn2C2CCCC2)c1. The molecule has 25 heavy (non-hydrogen) atoms. The van der Waals surface area contributed by atoms with E-state index in [1.165, 1.54) is 20.0 Å². The molecule has 7 nitrogen and oxygen atoms in total. The number of hydrogen-bond donors (Lipinski definition) is 1. The summed E-state index contributed by atoms with van der Waals surface area (Å²) in [5.74, 6) is 0.225. The van der Waals surface area contributed by atoms with Crippen molar-refractivity contribution in [1.29, 1.82) is 0 Å². The minimum absolute atomic E-state index is 0.324. The summed E-state index contributed by atoms with van der Waals surface area (Å²) >= 11 is 0. The first-order valence-corrected chi connectivity index (χ1v) is 8.32. The van der Waals surface area contributed by atoms with Gasteiger partial charge in [0.15, 0.2) is 6.61 Å². The van der Waals surface area contributed by atoms with E-state index in [1.807, 2.05) is 4.68 Å². The highest BCUT2D eigenvalue weighted by Crippen LogP contribution is 2.31. The lowest BCUT2D eigenvalue weighted by molar-refractivity contribution is -0.119. The maximum atomic E-state index is 12.1. The van der Waals surface area contributed by atoms with Gasteiger partial charge in [-0.25, -0.2) is 9.48 Å². The van der Waals surface area contributed by atoms with E-state index in [-0.39, 0.29) is 6.61 Å². The number of rotatable bonds is 6. The quantitative estimate of drug-likeness (QED) is 0.816. The second-order valence-electron chi connectivity index (χ2n) is 5.96. The largest absolute Gasteiger partial charge is 0.497 e. The Kier molecular flexibility index (Phi) is 5.33. The first-order chi connectivity index (χ1) is 12.2. The van der Waals surface area contributed by atoms with Crippen LogP contribution in [0.2, 0.25) is 0 Å². The fourth-order valence-electron chi connectivity index (χ4n) is 3.00. The van der Waals surface area contributed by atoms with E-state index in [4.69, 9.17) is 9.47 Å². The molecule has 132 valence electrons. The summed E-state index contributed by atoms with van der Waals surface area (Å²) in [5.41, 5.74) is 0.336. The summed E-state index contributed by atoms with van der Waals surface area (Å²) in [4.78, 5) is 24.1. The van der Waals surface area contributed by atoms with Crippen LogP contribution in [0.15, 0.2) is 36.5 Å². The van der Waals surface area contributed by atoms with Crippen LogP contribution in [0.5, 0.6) is 5.75 Å². The van der Waals surface area contributed by atoms with Gasteiger partial charge in [-0.05, 0) is 31.0 Å². The number of nitrogens with zero attached hydrogens (tertiary/aromatic N) is 2. The fraction of sp³-hybridized carbons (Fsp3) is 0.389. The van der Waals surface area contributed by atoms with Crippen molar-refractivity contribution in [3.63, 3.8) is 0 Å². The van der Waals surface area contributed by atoms with Crippen LogP contribution in [-0.4, -0.2) is 35.4 Å². The van der Waals surface area contributed by atoms with Gasteiger partial charge in [0.2, 0.25) is 0 Å². The highest BCUT2D eigenvalue weighted by molar-refractivity contribution is 5.95. The summed E-state index contributed by atoms with van der Waals surface area (Å²) in [6, 6.07) is 8.67. The molecule has 1 amide bonds. The van der Waals surface area contributed by atoms with Gasteiger partial charge >= 0.3 is 5.97 Å². The normalized spacial score (nSPS) is 14.3. The molecule has 3 rings (SSSR count). The number of esters is 1. The molecule has 0 atom stereocenters. The zero-order chi connectivity index (χ0) is 17.6. The van der Waals surface area contributed by atoms with E-state index in [2.05, 4.69) is 10.4 Å². The van der Waals surface area contributed by atoms with Crippen LogP contribution in [0, 0.1) is 0 Å². The molecule has 0 bridgehead atoms. The van der Waals surface area contributed by atoms with Crippen molar-refractivity contribution in [3.05, 3.63) is 42.1 Å². The summed E-state index contributed by atoms with van der Waals surface area (Å²) in [5, 5.41) is 7.05. The molecular formula is C18H21N3O4. The maximum Gasteiger partial charge on any atom is 0.338 e. The minimum Gasteiger partial charge on any atom is -0.497 e. The second kappa shape index (κ2) is 7.83. The Hall–Kier alpha value is -2.83. The van der Waals surface area contributed by atoms with Gasteiger partial charge in [-0.15, -0.1) is 0 Å². The summed E-state index contributed by atoms with van der Waals surface area (Å²) < 4.78 is 12.0. The molecule has 7 heteroatoms. The van der Waals surface area contributed by atoms with Crippen LogP contribution < -0.4 is 10.1 Å². The number of ether oxygens (including phenoxy) is 2. The number of hydrogen-bond acceptors (Lipinski definition) is 5. The molecule has 1 aromatic carbocycles. The molecule has 1 fully saturated rings. The van der Waals surface area contributed by atoms with Gasteiger partial charge in [0.05, 0.1) is 24.9 Å². The van der Waals surface area contributed by atoms with E-state index < -0.39 is 11.9 Å². The van der Waals surface area contributed by atoms with Gasteiger partial charge in [0.1, 0.15) is 11.6 Å². The van der Waals surface area contributed by atoms with Crippen LogP contribution in [0.1, 0.15) is 42.1 Å². The standard InChI is InChI=1S/C18H21N3O4/c1-24-15-8-4-5-13(11-15)18(23)25-12-17(22)20-16-9-10-19-21(16)14-6-2-3-7-14/h4-5,8-11,14H,2-3,6-7,12H2,1H3,(H,20,22). The van der Waals surface area contributed by atoms with E-state index >= 15 is 0 Å². The van der Waals surface area contributed by atoms with E-state index in [0.717, 1.165) is 12.8 Å². The van der Waals surface area contributed by atoms with E-state index in [9.17, 15) is 9.59 Å². The predicted molar refractivity (Wildman–Crippen MR) is 91.6 cm³/mol. The number of carbonyl (C=O) groups excluding carboxylic acids is 2. The molecule has 1 aliphatic rings. The molecule has 1 aliphatic carbocycles. The molecule has 1 aromatic heterocycles. The van der Waals surface area contributed by atoms with Gasteiger partial charge in [-0.1, -0.05) is 18.9 Å². The van der Waals surface area contributed by atoms with Crippen molar-refractivity contribution in [1.82, 2.24) is 9.78 Å². The lowest BCUT2D eigenvalue weighted by atomic mass is 10.2. The summed E-state index contributed by atoms with van der Waals surface area (Å²) in [6.07, 6.45) is 6.15. The Morgan fingerprint density at radius 1 is 1.28 bits per heavy atom. The number of anilines is 1.